The zero-order valence-corrected chi connectivity index (χ0v) is 13.8. The summed E-state index contributed by atoms with van der Waals surface area (Å²) >= 11 is 0. The zero-order chi connectivity index (χ0) is 17.6. The Bertz CT molecular complexity index is 729. The number of amides is 3. The molecule has 24 heavy (non-hydrogen) atoms. The van der Waals surface area contributed by atoms with Gasteiger partial charge in [0.05, 0.1) is 24.9 Å². The molecule has 0 aliphatic carbocycles. The SMILES string of the molecule is COC(=O)c1c(C)[nH]c(C(=O)CN2C(=O)[C@H]3CCCN3C2=O)c1C. The molecule has 2 saturated heterocycles. The predicted molar refractivity (Wildman–Crippen MR) is 82.8 cm³/mol. The molecule has 0 bridgehead atoms. The number of Topliss-reactive ketones (excluding diaryl/α,β-unsaturated/α-hetero) is 1. The molecule has 3 rings (SSSR count). The van der Waals surface area contributed by atoms with E-state index in [1.807, 2.05) is 0 Å². The number of aryl methyl sites for hydroxylation is 1. The van der Waals surface area contributed by atoms with Crippen LogP contribution in [-0.2, 0) is 9.53 Å². The summed E-state index contributed by atoms with van der Waals surface area (Å²) in [6, 6.07) is -0.840. The Hall–Kier alpha value is -2.64. The molecule has 1 aromatic rings. The van der Waals surface area contributed by atoms with Crippen LogP contribution in [0.25, 0.3) is 0 Å². The van der Waals surface area contributed by atoms with Gasteiger partial charge in [-0.15, -0.1) is 0 Å². The highest BCUT2D eigenvalue weighted by atomic mass is 16.5. The van der Waals surface area contributed by atoms with E-state index in [0.29, 0.717) is 29.8 Å². The summed E-state index contributed by atoms with van der Waals surface area (Å²) in [6.07, 6.45) is 1.45. The zero-order valence-electron chi connectivity index (χ0n) is 13.8. The highest BCUT2D eigenvalue weighted by Gasteiger charge is 2.47. The first-order chi connectivity index (χ1) is 11.4. The average Bonchev–Trinajstić information content (AvgIpc) is 3.20. The predicted octanol–water partition coefficient (Wildman–Crippen LogP) is 1.03. The standard InChI is InChI=1S/C16H19N3O5/c1-8-12(15(22)24-3)9(2)17-13(8)11(20)7-19-14(21)10-5-4-6-18(10)16(19)23/h10,17H,4-7H2,1-3H3/t10-/m1/s1. The Balaban J connectivity index is 1.82. The maximum atomic E-state index is 12.6. The minimum absolute atomic E-state index is 0.223. The van der Waals surface area contributed by atoms with Crippen molar-refractivity contribution in [2.75, 3.05) is 20.2 Å². The highest BCUT2D eigenvalue weighted by molar-refractivity contribution is 6.10. The fourth-order valence-electron chi connectivity index (χ4n) is 3.49. The number of aromatic nitrogens is 1. The molecule has 1 atom stereocenters. The van der Waals surface area contributed by atoms with Crippen LogP contribution >= 0.6 is 0 Å². The monoisotopic (exact) mass is 333 g/mol. The van der Waals surface area contributed by atoms with Crippen molar-refractivity contribution in [3.05, 3.63) is 22.5 Å². The number of nitrogens with one attached hydrogen (secondary N) is 1. The average molecular weight is 333 g/mol. The first-order valence-electron chi connectivity index (χ1n) is 7.79. The molecule has 8 nitrogen and oxygen atoms in total. The summed E-state index contributed by atoms with van der Waals surface area (Å²) in [5, 5.41) is 0. The number of rotatable bonds is 4. The third kappa shape index (κ3) is 2.29. The molecule has 128 valence electrons. The number of nitrogens with zero attached hydrogens (tertiary/aromatic N) is 2. The third-order valence-electron chi connectivity index (χ3n) is 4.69. The van der Waals surface area contributed by atoms with Crippen molar-refractivity contribution in [3.63, 3.8) is 0 Å². The molecule has 3 amide bonds. The fraction of sp³-hybridized carbons (Fsp3) is 0.500. The third-order valence-corrected chi connectivity index (χ3v) is 4.69. The van der Waals surface area contributed by atoms with Crippen LogP contribution in [0.5, 0.6) is 0 Å². The molecule has 0 unspecified atom stereocenters. The van der Waals surface area contributed by atoms with Gasteiger partial charge < -0.3 is 14.6 Å². The van der Waals surface area contributed by atoms with Crippen molar-refractivity contribution in [1.29, 1.82) is 0 Å². The van der Waals surface area contributed by atoms with Crippen molar-refractivity contribution < 1.29 is 23.9 Å². The summed E-state index contributed by atoms with van der Waals surface area (Å²) < 4.78 is 4.71. The van der Waals surface area contributed by atoms with Gasteiger partial charge in [0, 0.05) is 12.2 Å². The van der Waals surface area contributed by atoms with E-state index in [2.05, 4.69) is 4.98 Å². The van der Waals surface area contributed by atoms with Gasteiger partial charge in [0.25, 0.3) is 5.91 Å². The quantitative estimate of drug-likeness (QED) is 0.504. The Morgan fingerprint density at radius 3 is 2.62 bits per heavy atom. The smallest absolute Gasteiger partial charge is 0.339 e. The molecule has 3 heterocycles. The van der Waals surface area contributed by atoms with Crippen LogP contribution in [0.3, 0.4) is 0 Å². The second-order valence-corrected chi connectivity index (χ2v) is 6.10. The molecule has 0 saturated carbocycles. The van der Waals surface area contributed by atoms with E-state index in [9.17, 15) is 19.2 Å². The lowest BCUT2D eigenvalue weighted by Gasteiger charge is -2.14. The molecular weight excluding hydrogens is 314 g/mol. The molecule has 2 aliphatic rings. The van der Waals surface area contributed by atoms with Gasteiger partial charge >= 0.3 is 12.0 Å². The van der Waals surface area contributed by atoms with Gasteiger partial charge in [-0.25, -0.2) is 9.59 Å². The number of methoxy groups -OCH3 is 1. The number of esters is 1. The lowest BCUT2D eigenvalue weighted by atomic mass is 10.1. The summed E-state index contributed by atoms with van der Waals surface area (Å²) in [7, 11) is 1.27. The maximum absolute atomic E-state index is 12.6. The number of fused-ring (bicyclic) bond motifs is 1. The minimum atomic E-state index is -0.533. The lowest BCUT2D eigenvalue weighted by Crippen LogP contribution is -2.37. The second kappa shape index (κ2) is 5.77. The number of imide groups is 1. The number of ether oxygens (including phenoxy) is 1. The largest absolute Gasteiger partial charge is 0.465 e. The van der Waals surface area contributed by atoms with Gasteiger partial charge in [-0.2, -0.15) is 0 Å². The highest BCUT2D eigenvalue weighted by Crippen LogP contribution is 2.28. The summed E-state index contributed by atoms with van der Waals surface area (Å²) in [5.41, 5.74) is 1.51. The number of urea groups is 1. The second-order valence-electron chi connectivity index (χ2n) is 6.10. The lowest BCUT2D eigenvalue weighted by molar-refractivity contribution is -0.127. The van der Waals surface area contributed by atoms with Crippen LogP contribution in [0.15, 0.2) is 0 Å². The molecule has 8 heteroatoms. The summed E-state index contributed by atoms with van der Waals surface area (Å²) in [6.45, 7) is 3.52. The number of hydrogen-bond donors (Lipinski definition) is 1. The van der Waals surface area contributed by atoms with Gasteiger partial charge in [0.1, 0.15) is 6.04 Å². The van der Waals surface area contributed by atoms with Gasteiger partial charge in [-0.3, -0.25) is 14.5 Å². The molecule has 0 aromatic carbocycles. The summed E-state index contributed by atoms with van der Waals surface area (Å²) in [5.74, 6) is -1.26. The number of carbonyl (C=O) groups excluding carboxylic acids is 4. The van der Waals surface area contributed by atoms with E-state index < -0.39 is 23.8 Å². The van der Waals surface area contributed by atoms with Gasteiger partial charge in [-0.1, -0.05) is 0 Å². The first-order valence-corrected chi connectivity index (χ1v) is 7.79. The Morgan fingerprint density at radius 1 is 1.29 bits per heavy atom. The number of H-pyrrole nitrogens is 1. The van der Waals surface area contributed by atoms with Crippen molar-refractivity contribution in [3.8, 4) is 0 Å². The number of aromatic amines is 1. The topological polar surface area (TPSA) is 99.8 Å². The van der Waals surface area contributed by atoms with E-state index in [1.54, 1.807) is 13.8 Å². The van der Waals surface area contributed by atoms with Crippen LogP contribution in [0.2, 0.25) is 0 Å². The Morgan fingerprint density at radius 2 is 2.00 bits per heavy atom. The van der Waals surface area contributed by atoms with Gasteiger partial charge in [0.2, 0.25) is 0 Å². The van der Waals surface area contributed by atoms with Crippen LogP contribution in [-0.4, -0.2) is 64.7 Å². The molecule has 2 aliphatic heterocycles. The van der Waals surface area contributed by atoms with Gasteiger partial charge in [-0.05, 0) is 32.3 Å². The fourth-order valence-corrected chi connectivity index (χ4v) is 3.49. The van der Waals surface area contributed by atoms with E-state index >= 15 is 0 Å². The molecule has 2 fully saturated rings. The van der Waals surface area contributed by atoms with E-state index in [-0.39, 0.29) is 18.1 Å². The molecule has 1 N–H and O–H groups in total. The normalized spacial score (nSPS) is 19.9. The summed E-state index contributed by atoms with van der Waals surface area (Å²) in [4.78, 5) is 54.3. The Labute approximate surface area is 138 Å². The molecule has 0 spiro atoms. The van der Waals surface area contributed by atoms with Crippen LogP contribution in [0.1, 0.15) is 44.9 Å². The van der Waals surface area contributed by atoms with E-state index in [0.717, 1.165) is 11.3 Å². The number of ketones is 1. The van der Waals surface area contributed by atoms with E-state index in [1.165, 1.54) is 12.0 Å². The molecule has 1 aromatic heterocycles. The van der Waals surface area contributed by atoms with Crippen LogP contribution in [0.4, 0.5) is 4.79 Å². The van der Waals surface area contributed by atoms with E-state index in [4.69, 9.17) is 4.74 Å². The number of hydrogen-bond acceptors (Lipinski definition) is 5. The van der Waals surface area contributed by atoms with Crippen molar-refractivity contribution in [1.82, 2.24) is 14.8 Å². The first kappa shape index (κ1) is 16.2. The van der Waals surface area contributed by atoms with Crippen molar-refractivity contribution in [2.45, 2.75) is 32.7 Å². The van der Waals surface area contributed by atoms with Crippen molar-refractivity contribution >= 4 is 23.7 Å². The maximum Gasteiger partial charge on any atom is 0.339 e. The van der Waals surface area contributed by atoms with Crippen LogP contribution in [0, 0.1) is 13.8 Å². The van der Waals surface area contributed by atoms with Gasteiger partial charge in [0.15, 0.2) is 5.78 Å². The van der Waals surface area contributed by atoms with Crippen LogP contribution < -0.4 is 0 Å². The molecular formula is C16H19N3O5. The van der Waals surface area contributed by atoms with Crippen molar-refractivity contribution in [2.24, 2.45) is 0 Å². The molecule has 0 radical (unpaired) electrons. The minimum Gasteiger partial charge on any atom is -0.465 e. The Kier molecular flexibility index (Phi) is 3.90. The number of carbonyl (C=O) groups is 4.